The normalized spacial score (nSPS) is 12.6. The number of methoxy groups -OCH3 is 1. The number of hydrogen-bond acceptors (Lipinski definition) is 5. The zero-order valence-corrected chi connectivity index (χ0v) is 14.6. The van der Waals surface area contributed by atoms with Gasteiger partial charge in [0.1, 0.15) is 5.75 Å². The van der Waals surface area contributed by atoms with Gasteiger partial charge in [-0.2, -0.15) is 0 Å². The van der Waals surface area contributed by atoms with Crippen molar-refractivity contribution in [3.05, 3.63) is 54.6 Å². The summed E-state index contributed by atoms with van der Waals surface area (Å²) in [5.74, 6) is 0.600. The lowest BCUT2D eigenvalue weighted by atomic mass is 9.94. The van der Waals surface area contributed by atoms with E-state index >= 15 is 0 Å². The van der Waals surface area contributed by atoms with Crippen molar-refractivity contribution < 1.29 is 23.1 Å². The van der Waals surface area contributed by atoms with Crippen LogP contribution in [-0.2, 0) is 13.8 Å². The van der Waals surface area contributed by atoms with Crippen LogP contribution >= 0.6 is 8.60 Å². The molecular weight excluding hydrogens is 339 g/mol. The Labute approximate surface area is 145 Å². The lowest BCUT2D eigenvalue weighted by molar-refractivity contribution is 0.114. The Morgan fingerprint density at radius 1 is 0.840 bits per heavy atom. The lowest BCUT2D eigenvalue weighted by Gasteiger charge is -2.17. The fourth-order valence-electron chi connectivity index (χ4n) is 3.06. The molecule has 0 spiro atoms. The van der Waals surface area contributed by atoms with Gasteiger partial charge < -0.3 is 13.8 Å². The van der Waals surface area contributed by atoms with E-state index in [0.717, 1.165) is 16.2 Å². The molecule has 5 nitrogen and oxygen atoms in total. The molecule has 0 fully saturated rings. The lowest BCUT2D eigenvalue weighted by Crippen LogP contribution is -2.04. The van der Waals surface area contributed by atoms with Crippen LogP contribution in [0.3, 0.4) is 0 Å². The van der Waals surface area contributed by atoms with Crippen molar-refractivity contribution in [1.82, 2.24) is 0 Å². The molecular formula is C19H15O5P. The van der Waals surface area contributed by atoms with E-state index in [0.29, 0.717) is 5.75 Å². The van der Waals surface area contributed by atoms with Gasteiger partial charge in [0.25, 0.3) is 0 Å². The summed E-state index contributed by atoms with van der Waals surface area (Å²) in [4.78, 5) is 11.3. The monoisotopic (exact) mass is 354 g/mol. The maximum absolute atomic E-state index is 11.3. The van der Waals surface area contributed by atoms with Crippen molar-refractivity contribution in [1.29, 1.82) is 0 Å². The molecule has 0 aliphatic heterocycles. The summed E-state index contributed by atoms with van der Waals surface area (Å²) in [7, 11) is 0.771. The highest BCUT2D eigenvalue weighted by atomic mass is 31.2. The topological polar surface area (TPSA) is 54.0 Å². The summed E-state index contributed by atoms with van der Waals surface area (Å²) in [5, 5.41) is 6.73. The first-order valence-electron chi connectivity index (χ1n) is 7.66. The summed E-state index contributed by atoms with van der Waals surface area (Å²) in [6, 6.07) is 18.4. The number of rotatable bonds is 4. The van der Waals surface area contributed by atoms with Gasteiger partial charge in [-0.25, -0.2) is 4.79 Å². The third-order valence-corrected chi connectivity index (χ3v) is 5.07. The Kier molecular flexibility index (Phi) is 4.04. The van der Waals surface area contributed by atoms with Crippen LogP contribution in [-0.4, -0.2) is 20.4 Å². The van der Waals surface area contributed by atoms with Crippen LogP contribution in [0.2, 0.25) is 0 Å². The highest BCUT2D eigenvalue weighted by Gasteiger charge is 2.21. The summed E-state index contributed by atoms with van der Waals surface area (Å²) >= 11 is 0. The van der Waals surface area contributed by atoms with Crippen molar-refractivity contribution in [2.24, 2.45) is 0 Å². The maximum Gasteiger partial charge on any atom is 0.514 e. The highest BCUT2D eigenvalue weighted by Crippen LogP contribution is 2.45. The van der Waals surface area contributed by atoms with E-state index in [1.807, 2.05) is 24.3 Å². The summed E-state index contributed by atoms with van der Waals surface area (Å²) in [6.45, 7) is 0. The van der Waals surface area contributed by atoms with E-state index in [4.69, 9.17) is 13.6 Å². The van der Waals surface area contributed by atoms with Crippen molar-refractivity contribution in [2.75, 3.05) is 14.2 Å². The number of ether oxygens (including phenoxy) is 1. The molecule has 0 saturated heterocycles. The molecule has 0 amide bonds. The Hall–Kier alpha value is -2.62. The molecule has 0 aliphatic carbocycles. The summed E-state index contributed by atoms with van der Waals surface area (Å²) in [6.07, 6.45) is -0.842. The van der Waals surface area contributed by atoms with Crippen molar-refractivity contribution in [3.63, 3.8) is 0 Å². The molecule has 0 radical (unpaired) electrons. The van der Waals surface area contributed by atoms with E-state index in [-0.39, 0.29) is 0 Å². The van der Waals surface area contributed by atoms with E-state index in [1.165, 1.54) is 30.4 Å². The largest absolute Gasteiger partial charge is 0.514 e. The number of benzene rings is 4. The number of carbonyl (C=O) groups is 1. The number of hydrogen-bond donors (Lipinski definition) is 0. The second-order valence-electron chi connectivity index (χ2n) is 5.46. The van der Waals surface area contributed by atoms with Gasteiger partial charge in [0.15, 0.2) is 0 Å². The third-order valence-electron chi connectivity index (χ3n) is 4.13. The Balaban J connectivity index is 1.86. The van der Waals surface area contributed by atoms with Crippen LogP contribution in [0.1, 0.15) is 0 Å². The zero-order chi connectivity index (χ0) is 17.4. The van der Waals surface area contributed by atoms with Crippen LogP contribution in [0.15, 0.2) is 54.6 Å². The van der Waals surface area contributed by atoms with Crippen LogP contribution in [0.4, 0.5) is 4.79 Å². The van der Waals surface area contributed by atoms with Gasteiger partial charge in [0.05, 0.1) is 7.11 Å². The Morgan fingerprint density at radius 2 is 1.48 bits per heavy atom. The SMILES string of the molecule is COC(=O)OP(OC)Oc1ccc2ccc3cccc4ccc1c2c34. The minimum atomic E-state index is -1.89. The van der Waals surface area contributed by atoms with E-state index < -0.39 is 14.8 Å². The fourth-order valence-corrected chi connectivity index (χ4v) is 3.76. The molecule has 0 aromatic heterocycles. The molecule has 0 heterocycles. The molecule has 0 saturated carbocycles. The van der Waals surface area contributed by atoms with E-state index in [1.54, 1.807) is 0 Å². The predicted molar refractivity (Wildman–Crippen MR) is 98.2 cm³/mol. The van der Waals surface area contributed by atoms with Gasteiger partial charge in [-0.05, 0) is 33.7 Å². The van der Waals surface area contributed by atoms with E-state index in [9.17, 15) is 4.79 Å². The van der Waals surface area contributed by atoms with Gasteiger partial charge in [-0.3, -0.25) is 4.52 Å². The smallest absolute Gasteiger partial charge is 0.437 e. The maximum atomic E-state index is 11.3. The quantitative estimate of drug-likeness (QED) is 0.270. The van der Waals surface area contributed by atoms with Crippen LogP contribution in [0.5, 0.6) is 5.75 Å². The second-order valence-corrected chi connectivity index (χ2v) is 6.64. The standard InChI is InChI=1S/C19H15O5P/c1-21-19(20)24-25(22-2)23-16-11-9-14-7-6-12-4-3-5-13-8-10-15(16)18(14)17(12)13/h3-11H,1-2H3. The molecule has 6 heteroatoms. The van der Waals surface area contributed by atoms with Crippen molar-refractivity contribution in [2.45, 2.75) is 0 Å². The zero-order valence-electron chi connectivity index (χ0n) is 13.7. The summed E-state index contributed by atoms with van der Waals surface area (Å²) < 4.78 is 20.4. The molecule has 4 aromatic rings. The molecule has 1 unspecified atom stereocenters. The molecule has 0 bridgehead atoms. The van der Waals surface area contributed by atoms with Crippen LogP contribution in [0.25, 0.3) is 32.3 Å². The molecule has 4 rings (SSSR count). The predicted octanol–water partition coefficient (Wildman–Crippen LogP) is 5.62. The minimum absolute atomic E-state index is 0.600. The van der Waals surface area contributed by atoms with Gasteiger partial charge in [0, 0.05) is 17.9 Å². The molecule has 25 heavy (non-hydrogen) atoms. The molecule has 0 N–H and O–H groups in total. The highest BCUT2D eigenvalue weighted by molar-refractivity contribution is 7.42. The molecule has 126 valence electrons. The first kappa shape index (κ1) is 15.9. The second kappa shape index (κ2) is 6.36. The fraction of sp³-hybridized carbons (Fsp3) is 0.105. The molecule has 0 aliphatic rings. The van der Waals surface area contributed by atoms with Gasteiger partial charge in [-0.1, -0.05) is 42.5 Å². The van der Waals surface area contributed by atoms with Crippen molar-refractivity contribution in [3.8, 4) is 5.75 Å². The van der Waals surface area contributed by atoms with E-state index in [2.05, 4.69) is 35.1 Å². The van der Waals surface area contributed by atoms with Crippen molar-refractivity contribution >= 4 is 47.1 Å². The first-order valence-corrected chi connectivity index (χ1v) is 8.75. The van der Waals surface area contributed by atoms with Gasteiger partial charge in [0.2, 0.25) is 0 Å². The van der Waals surface area contributed by atoms with Crippen LogP contribution in [0, 0.1) is 0 Å². The molecule has 4 aromatic carbocycles. The summed E-state index contributed by atoms with van der Waals surface area (Å²) in [5.41, 5.74) is 0. The Bertz CT molecular complexity index is 1050. The molecule has 1 atom stereocenters. The third kappa shape index (κ3) is 2.72. The first-order chi connectivity index (χ1) is 12.2. The number of carbonyl (C=O) groups excluding carboxylic acids is 1. The average Bonchev–Trinajstić information content (AvgIpc) is 2.66. The average molecular weight is 354 g/mol. The minimum Gasteiger partial charge on any atom is -0.437 e. The Morgan fingerprint density at radius 3 is 2.16 bits per heavy atom. The van der Waals surface area contributed by atoms with Gasteiger partial charge in [-0.15, -0.1) is 0 Å². The van der Waals surface area contributed by atoms with Gasteiger partial charge >= 0.3 is 14.8 Å². The van der Waals surface area contributed by atoms with Crippen LogP contribution < -0.4 is 4.52 Å².